The van der Waals surface area contributed by atoms with E-state index < -0.39 is 10.9 Å². The Morgan fingerprint density at radius 2 is 2.00 bits per heavy atom. The summed E-state index contributed by atoms with van der Waals surface area (Å²) in [5, 5.41) is 22.9. The second kappa shape index (κ2) is 5.26. The van der Waals surface area contributed by atoms with Gasteiger partial charge in [-0.25, -0.2) is 4.79 Å². The van der Waals surface area contributed by atoms with Gasteiger partial charge in [-0.3, -0.25) is 10.1 Å². The smallest absolute Gasteiger partial charge is 0.335 e. The average Bonchev–Trinajstić information content (AvgIpc) is 2.27. The van der Waals surface area contributed by atoms with Gasteiger partial charge in [0.2, 0.25) is 0 Å². The minimum Gasteiger partial charge on any atom is -0.478 e. The number of nitrogens with zero attached hydrogens (tertiary/aromatic N) is 1. The number of aromatic carboxylic acids is 1. The van der Waals surface area contributed by atoms with Crippen molar-refractivity contribution in [3.8, 4) is 0 Å². The molecule has 1 aromatic rings. The van der Waals surface area contributed by atoms with Crippen molar-refractivity contribution in [2.45, 2.75) is 33.7 Å². The van der Waals surface area contributed by atoms with Gasteiger partial charge in [0, 0.05) is 12.1 Å². The number of carboxylic acids is 1. The molecular weight excluding hydrogens is 248 g/mol. The molecule has 0 heterocycles. The summed E-state index contributed by atoms with van der Waals surface area (Å²) < 4.78 is 0. The predicted octanol–water partition coefficient (Wildman–Crippen LogP) is 3.14. The molecule has 1 aromatic carbocycles. The highest BCUT2D eigenvalue weighted by atomic mass is 16.6. The van der Waals surface area contributed by atoms with E-state index in [-0.39, 0.29) is 28.4 Å². The minimum absolute atomic E-state index is 0.0224. The summed E-state index contributed by atoms with van der Waals surface area (Å²) in [6, 6.07) is 3.69. The fourth-order valence-corrected chi connectivity index (χ4v) is 1.39. The van der Waals surface area contributed by atoms with Crippen LogP contribution >= 0.6 is 0 Å². The van der Waals surface area contributed by atoms with Crippen LogP contribution in [0, 0.1) is 15.5 Å². The summed E-state index contributed by atoms with van der Waals surface area (Å²) in [5.41, 5.74) is 0.0234. The van der Waals surface area contributed by atoms with Gasteiger partial charge in [-0.15, -0.1) is 0 Å². The third-order valence-corrected chi connectivity index (χ3v) is 3.11. The maximum atomic E-state index is 11.0. The summed E-state index contributed by atoms with van der Waals surface area (Å²) in [7, 11) is 0. The van der Waals surface area contributed by atoms with Gasteiger partial charge in [-0.2, -0.15) is 0 Å². The molecule has 0 aliphatic carbocycles. The molecule has 1 atom stereocenters. The lowest BCUT2D eigenvalue weighted by Crippen LogP contribution is -2.31. The minimum atomic E-state index is -1.11. The molecule has 0 spiro atoms. The van der Waals surface area contributed by atoms with Crippen molar-refractivity contribution in [3.63, 3.8) is 0 Å². The topological polar surface area (TPSA) is 92.5 Å². The number of anilines is 1. The summed E-state index contributed by atoms with van der Waals surface area (Å²) in [4.78, 5) is 21.3. The zero-order valence-corrected chi connectivity index (χ0v) is 11.4. The van der Waals surface area contributed by atoms with E-state index in [2.05, 4.69) is 5.32 Å². The van der Waals surface area contributed by atoms with E-state index in [4.69, 9.17) is 5.11 Å². The number of nitro groups is 1. The van der Waals surface area contributed by atoms with Crippen LogP contribution < -0.4 is 5.32 Å². The Morgan fingerprint density at radius 1 is 1.42 bits per heavy atom. The molecule has 0 saturated heterocycles. The van der Waals surface area contributed by atoms with Crippen LogP contribution in [0.2, 0.25) is 0 Å². The molecule has 0 bridgehead atoms. The Labute approximate surface area is 111 Å². The van der Waals surface area contributed by atoms with E-state index >= 15 is 0 Å². The Kier molecular flexibility index (Phi) is 4.14. The molecule has 104 valence electrons. The number of hydrogen-bond donors (Lipinski definition) is 2. The second-order valence-corrected chi connectivity index (χ2v) is 5.53. The molecule has 0 fully saturated rings. The first-order valence-electron chi connectivity index (χ1n) is 5.91. The number of nitrogens with one attached hydrogen (secondary N) is 1. The standard InChI is InChI=1S/C13H18N2O4/c1-8(13(2,3)4)14-10-7-9(12(16)17)5-6-11(10)15(18)19/h5-8,14H,1-4H3,(H,16,17). The predicted molar refractivity (Wildman–Crippen MR) is 72.6 cm³/mol. The van der Waals surface area contributed by atoms with Crippen molar-refractivity contribution in [3.05, 3.63) is 33.9 Å². The summed E-state index contributed by atoms with van der Waals surface area (Å²) in [6.45, 7) is 7.89. The first-order valence-corrected chi connectivity index (χ1v) is 5.91. The Morgan fingerprint density at radius 3 is 2.42 bits per heavy atom. The average molecular weight is 266 g/mol. The Hall–Kier alpha value is -2.11. The molecule has 1 unspecified atom stereocenters. The molecule has 0 radical (unpaired) electrons. The first-order chi connectivity index (χ1) is 8.62. The van der Waals surface area contributed by atoms with Crippen LogP contribution in [-0.4, -0.2) is 22.0 Å². The summed E-state index contributed by atoms with van der Waals surface area (Å²) in [5.74, 6) is -1.11. The molecule has 0 amide bonds. The van der Waals surface area contributed by atoms with E-state index in [0.717, 1.165) is 0 Å². The van der Waals surface area contributed by atoms with Crippen LogP contribution in [0.4, 0.5) is 11.4 Å². The maximum absolute atomic E-state index is 11.0. The van der Waals surface area contributed by atoms with E-state index in [1.165, 1.54) is 18.2 Å². The maximum Gasteiger partial charge on any atom is 0.335 e. The van der Waals surface area contributed by atoms with Gasteiger partial charge in [0.05, 0.1) is 10.5 Å². The van der Waals surface area contributed by atoms with Crippen LogP contribution in [0.3, 0.4) is 0 Å². The van der Waals surface area contributed by atoms with Gasteiger partial charge >= 0.3 is 5.97 Å². The van der Waals surface area contributed by atoms with Gasteiger partial charge in [0.25, 0.3) is 5.69 Å². The molecule has 19 heavy (non-hydrogen) atoms. The van der Waals surface area contributed by atoms with Crippen molar-refractivity contribution < 1.29 is 14.8 Å². The van der Waals surface area contributed by atoms with Gasteiger partial charge in [0.1, 0.15) is 5.69 Å². The van der Waals surface area contributed by atoms with E-state index in [0.29, 0.717) is 0 Å². The van der Waals surface area contributed by atoms with Crippen molar-refractivity contribution in [1.82, 2.24) is 0 Å². The number of carbonyl (C=O) groups is 1. The van der Waals surface area contributed by atoms with E-state index in [1.807, 2.05) is 27.7 Å². The number of nitro benzene ring substituents is 1. The quantitative estimate of drug-likeness (QED) is 0.645. The Bertz CT molecular complexity index is 506. The van der Waals surface area contributed by atoms with Crippen LogP contribution in [0.1, 0.15) is 38.1 Å². The zero-order valence-electron chi connectivity index (χ0n) is 11.4. The van der Waals surface area contributed by atoms with Crippen molar-refractivity contribution in [2.24, 2.45) is 5.41 Å². The van der Waals surface area contributed by atoms with Crippen LogP contribution in [0.5, 0.6) is 0 Å². The van der Waals surface area contributed by atoms with Gasteiger partial charge < -0.3 is 10.4 Å². The van der Waals surface area contributed by atoms with Crippen molar-refractivity contribution in [1.29, 1.82) is 0 Å². The molecule has 0 aliphatic rings. The third-order valence-electron chi connectivity index (χ3n) is 3.11. The molecule has 0 saturated carbocycles. The fourth-order valence-electron chi connectivity index (χ4n) is 1.39. The van der Waals surface area contributed by atoms with Gasteiger partial charge in [0.15, 0.2) is 0 Å². The molecule has 6 heteroatoms. The molecular formula is C13H18N2O4. The lowest BCUT2D eigenvalue weighted by molar-refractivity contribution is -0.384. The molecule has 2 N–H and O–H groups in total. The SMILES string of the molecule is CC(Nc1cc(C(=O)O)ccc1[N+](=O)[O-])C(C)(C)C. The molecule has 0 aliphatic heterocycles. The number of rotatable bonds is 4. The number of hydrogen-bond acceptors (Lipinski definition) is 4. The summed E-state index contributed by atoms with van der Waals surface area (Å²) >= 11 is 0. The second-order valence-electron chi connectivity index (χ2n) is 5.53. The van der Waals surface area contributed by atoms with Gasteiger partial charge in [-0.05, 0) is 24.5 Å². The fraction of sp³-hybridized carbons (Fsp3) is 0.462. The highest BCUT2D eigenvalue weighted by molar-refractivity contribution is 5.90. The van der Waals surface area contributed by atoms with E-state index in [1.54, 1.807) is 0 Å². The van der Waals surface area contributed by atoms with Crippen molar-refractivity contribution in [2.75, 3.05) is 5.32 Å². The normalized spacial score (nSPS) is 12.8. The lowest BCUT2D eigenvalue weighted by Gasteiger charge is -2.28. The largest absolute Gasteiger partial charge is 0.478 e. The monoisotopic (exact) mass is 266 g/mol. The summed E-state index contributed by atoms with van der Waals surface area (Å²) in [6.07, 6.45) is 0. The highest BCUT2D eigenvalue weighted by Crippen LogP contribution is 2.29. The first kappa shape index (κ1) is 14.9. The zero-order chi connectivity index (χ0) is 14.8. The lowest BCUT2D eigenvalue weighted by atomic mass is 9.88. The molecule has 0 aromatic heterocycles. The Balaban J connectivity index is 3.18. The molecule has 1 rings (SSSR count). The van der Waals surface area contributed by atoms with E-state index in [9.17, 15) is 14.9 Å². The number of benzene rings is 1. The van der Waals surface area contributed by atoms with Crippen LogP contribution in [0.15, 0.2) is 18.2 Å². The third kappa shape index (κ3) is 3.67. The van der Waals surface area contributed by atoms with Gasteiger partial charge in [-0.1, -0.05) is 20.8 Å². The van der Waals surface area contributed by atoms with Crippen LogP contribution in [-0.2, 0) is 0 Å². The van der Waals surface area contributed by atoms with Crippen molar-refractivity contribution >= 4 is 17.3 Å². The van der Waals surface area contributed by atoms with Crippen LogP contribution in [0.25, 0.3) is 0 Å². The molecule has 6 nitrogen and oxygen atoms in total. The number of carboxylic acid groups (broad SMARTS) is 1. The highest BCUT2D eigenvalue weighted by Gasteiger charge is 2.24.